The predicted molar refractivity (Wildman–Crippen MR) is 90.1 cm³/mol. The zero-order chi connectivity index (χ0) is 17.1. The van der Waals surface area contributed by atoms with Crippen molar-refractivity contribution in [2.45, 2.75) is 6.92 Å². The summed E-state index contributed by atoms with van der Waals surface area (Å²) in [6.07, 6.45) is 1.30. The number of halogens is 1. The van der Waals surface area contributed by atoms with E-state index >= 15 is 0 Å². The number of hydrogen-bond acceptors (Lipinski definition) is 5. The number of carbonyl (C=O) groups excluding carboxylic acids is 1. The molecule has 0 fully saturated rings. The topological polar surface area (TPSA) is 76.1 Å². The minimum atomic E-state index is -0.411. The van der Waals surface area contributed by atoms with Gasteiger partial charge in [0.15, 0.2) is 0 Å². The highest BCUT2D eigenvalue weighted by atomic mass is 19.1. The van der Waals surface area contributed by atoms with Gasteiger partial charge < -0.3 is 15.4 Å². The fourth-order valence-corrected chi connectivity index (χ4v) is 2.36. The second-order valence-electron chi connectivity index (χ2n) is 5.08. The first-order valence-corrected chi connectivity index (χ1v) is 7.20. The van der Waals surface area contributed by atoms with Crippen LogP contribution in [0.5, 0.6) is 5.75 Å². The molecule has 2 N–H and O–H groups in total. The quantitative estimate of drug-likeness (QED) is 0.767. The van der Waals surface area contributed by atoms with E-state index in [1.54, 1.807) is 30.3 Å². The van der Waals surface area contributed by atoms with Gasteiger partial charge in [0.2, 0.25) is 5.91 Å². The van der Waals surface area contributed by atoms with E-state index in [9.17, 15) is 9.18 Å². The minimum Gasteiger partial charge on any atom is -0.495 e. The Kier molecular flexibility index (Phi) is 4.24. The number of anilines is 3. The van der Waals surface area contributed by atoms with Gasteiger partial charge in [0, 0.05) is 18.0 Å². The zero-order valence-electron chi connectivity index (χ0n) is 13.1. The van der Waals surface area contributed by atoms with E-state index in [1.165, 1.54) is 26.4 Å². The molecule has 0 aliphatic rings. The van der Waals surface area contributed by atoms with E-state index in [4.69, 9.17) is 4.74 Å². The molecule has 3 rings (SSSR count). The monoisotopic (exact) mass is 326 g/mol. The lowest BCUT2D eigenvalue weighted by atomic mass is 10.2. The number of nitrogens with zero attached hydrogens (tertiary/aromatic N) is 2. The summed E-state index contributed by atoms with van der Waals surface area (Å²) in [5.41, 5.74) is 1.44. The van der Waals surface area contributed by atoms with Crippen molar-refractivity contribution in [3.8, 4) is 5.75 Å². The Hall–Kier alpha value is -3.22. The Morgan fingerprint density at radius 1 is 1.21 bits per heavy atom. The van der Waals surface area contributed by atoms with E-state index in [1.807, 2.05) is 0 Å². The van der Waals surface area contributed by atoms with Crippen LogP contribution < -0.4 is 15.4 Å². The third kappa shape index (κ3) is 3.10. The zero-order valence-corrected chi connectivity index (χ0v) is 13.1. The number of ether oxygens (including phenoxy) is 1. The maximum atomic E-state index is 13.8. The normalized spacial score (nSPS) is 10.5. The number of nitrogens with one attached hydrogen (secondary N) is 2. The fourth-order valence-electron chi connectivity index (χ4n) is 2.36. The third-order valence-electron chi connectivity index (χ3n) is 3.39. The summed E-state index contributed by atoms with van der Waals surface area (Å²) in [6, 6.07) is 9.89. The van der Waals surface area contributed by atoms with Crippen molar-refractivity contribution >= 4 is 34.0 Å². The van der Waals surface area contributed by atoms with Gasteiger partial charge in [-0.05, 0) is 30.3 Å². The molecule has 0 unspecified atom stereocenters. The van der Waals surface area contributed by atoms with Crippen molar-refractivity contribution in [3.05, 3.63) is 48.5 Å². The van der Waals surface area contributed by atoms with Crippen molar-refractivity contribution in [3.63, 3.8) is 0 Å². The number of carbonyl (C=O) groups is 1. The number of amides is 1. The fraction of sp³-hybridized carbons (Fsp3) is 0.118. The van der Waals surface area contributed by atoms with Crippen molar-refractivity contribution < 1.29 is 13.9 Å². The van der Waals surface area contributed by atoms with Crippen LogP contribution in [-0.4, -0.2) is 23.0 Å². The average molecular weight is 326 g/mol. The Morgan fingerprint density at radius 2 is 2.04 bits per heavy atom. The molecule has 0 aliphatic carbocycles. The van der Waals surface area contributed by atoms with Crippen LogP contribution in [0.1, 0.15) is 6.92 Å². The number of hydrogen-bond donors (Lipinski definition) is 2. The Morgan fingerprint density at radius 3 is 2.79 bits per heavy atom. The number of para-hydroxylation sites is 1. The summed E-state index contributed by atoms with van der Waals surface area (Å²) in [7, 11) is 1.52. The number of benzene rings is 2. The molecule has 0 bridgehead atoms. The standard InChI is InChI=1S/C17H15FN4O2/c1-10(23)21-14-8-11(6-7-15(14)24-2)22-17-12-4-3-5-13(18)16(12)19-9-20-17/h3-9H,1-2H3,(H,21,23)(H,19,20,22). The maximum Gasteiger partial charge on any atom is 0.221 e. The molecule has 1 heterocycles. The van der Waals surface area contributed by atoms with Crippen LogP contribution >= 0.6 is 0 Å². The predicted octanol–water partition coefficient (Wildman–Crippen LogP) is 3.48. The highest BCUT2D eigenvalue weighted by molar-refractivity contribution is 5.93. The molecule has 0 atom stereocenters. The summed E-state index contributed by atoms with van der Waals surface area (Å²) in [6.45, 7) is 1.42. The van der Waals surface area contributed by atoms with Gasteiger partial charge >= 0.3 is 0 Å². The molecule has 0 aliphatic heterocycles. The van der Waals surface area contributed by atoms with Crippen LogP contribution in [-0.2, 0) is 4.79 Å². The molecule has 6 nitrogen and oxygen atoms in total. The molecule has 0 saturated heterocycles. The highest BCUT2D eigenvalue weighted by Gasteiger charge is 2.10. The van der Waals surface area contributed by atoms with Gasteiger partial charge in [0.1, 0.15) is 29.2 Å². The van der Waals surface area contributed by atoms with E-state index in [-0.39, 0.29) is 11.4 Å². The summed E-state index contributed by atoms with van der Waals surface area (Å²) < 4.78 is 19.0. The van der Waals surface area contributed by atoms with Crippen molar-refractivity contribution in [2.75, 3.05) is 17.7 Å². The Labute approximate surface area is 137 Å². The van der Waals surface area contributed by atoms with Crippen LogP contribution in [0.4, 0.5) is 21.6 Å². The number of aromatic nitrogens is 2. The molecule has 3 aromatic rings. The molecule has 0 spiro atoms. The molecule has 24 heavy (non-hydrogen) atoms. The summed E-state index contributed by atoms with van der Waals surface area (Å²) in [5, 5.41) is 6.38. The van der Waals surface area contributed by atoms with E-state index in [2.05, 4.69) is 20.6 Å². The lowest BCUT2D eigenvalue weighted by Crippen LogP contribution is -2.07. The molecule has 2 aromatic carbocycles. The number of rotatable bonds is 4. The second-order valence-corrected chi connectivity index (χ2v) is 5.08. The van der Waals surface area contributed by atoms with Crippen molar-refractivity contribution in [1.82, 2.24) is 9.97 Å². The summed E-state index contributed by atoms with van der Waals surface area (Å²) in [5.74, 6) is 0.388. The van der Waals surface area contributed by atoms with Gasteiger partial charge in [-0.2, -0.15) is 0 Å². The molecule has 0 radical (unpaired) electrons. The molecule has 1 amide bonds. The van der Waals surface area contributed by atoms with E-state index in [0.29, 0.717) is 28.3 Å². The Balaban J connectivity index is 2.00. The Bertz CT molecular complexity index is 914. The van der Waals surface area contributed by atoms with Crippen LogP contribution in [0, 0.1) is 5.82 Å². The SMILES string of the molecule is COc1ccc(Nc2ncnc3c(F)cccc23)cc1NC(C)=O. The van der Waals surface area contributed by atoms with Crippen LogP contribution in [0.25, 0.3) is 10.9 Å². The molecular weight excluding hydrogens is 311 g/mol. The first kappa shape index (κ1) is 15.7. The molecule has 0 saturated carbocycles. The number of fused-ring (bicyclic) bond motifs is 1. The largest absolute Gasteiger partial charge is 0.495 e. The van der Waals surface area contributed by atoms with Crippen molar-refractivity contribution in [1.29, 1.82) is 0 Å². The highest BCUT2D eigenvalue weighted by Crippen LogP contribution is 2.30. The molecule has 1 aromatic heterocycles. The first-order chi connectivity index (χ1) is 11.6. The van der Waals surface area contributed by atoms with Crippen molar-refractivity contribution in [2.24, 2.45) is 0 Å². The maximum absolute atomic E-state index is 13.8. The van der Waals surface area contributed by atoms with Gasteiger partial charge in [-0.15, -0.1) is 0 Å². The van der Waals surface area contributed by atoms with Gasteiger partial charge in [-0.25, -0.2) is 14.4 Å². The van der Waals surface area contributed by atoms with Crippen LogP contribution in [0.2, 0.25) is 0 Å². The smallest absolute Gasteiger partial charge is 0.221 e. The summed E-state index contributed by atoms with van der Waals surface area (Å²) in [4.78, 5) is 19.4. The van der Waals surface area contributed by atoms with Gasteiger partial charge in [0.05, 0.1) is 12.8 Å². The lowest BCUT2D eigenvalue weighted by molar-refractivity contribution is -0.114. The first-order valence-electron chi connectivity index (χ1n) is 7.20. The van der Waals surface area contributed by atoms with Gasteiger partial charge in [-0.3, -0.25) is 4.79 Å². The van der Waals surface area contributed by atoms with Crippen LogP contribution in [0.15, 0.2) is 42.7 Å². The van der Waals surface area contributed by atoms with Gasteiger partial charge in [-0.1, -0.05) is 6.07 Å². The van der Waals surface area contributed by atoms with E-state index in [0.717, 1.165) is 0 Å². The third-order valence-corrected chi connectivity index (χ3v) is 3.39. The van der Waals surface area contributed by atoms with E-state index < -0.39 is 5.82 Å². The molecule has 7 heteroatoms. The van der Waals surface area contributed by atoms with Gasteiger partial charge in [0.25, 0.3) is 0 Å². The lowest BCUT2D eigenvalue weighted by Gasteiger charge is -2.13. The average Bonchev–Trinajstić information content (AvgIpc) is 2.56. The molecule has 122 valence electrons. The minimum absolute atomic E-state index is 0.208. The van der Waals surface area contributed by atoms with Crippen LogP contribution in [0.3, 0.4) is 0 Å². The number of methoxy groups -OCH3 is 1. The summed E-state index contributed by atoms with van der Waals surface area (Å²) >= 11 is 0. The molecular formula is C17H15FN4O2. The second kappa shape index (κ2) is 6.49.